The summed E-state index contributed by atoms with van der Waals surface area (Å²) < 4.78 is 74.1. The Hall–Kier alpha value is -4.14. The number of aromatic nitrogens is 1. The first kappa shape index (κ1) is 41.5. The van der Waals surface area contributed by atoms with Crippen LogP contribution in [0, 0.1) is 29.1 Å². The lowest BCUT2D eigenvalue weighted by atomic mass is 9.82. The zero-order valence-corrected chi connectivity index (χ0v) is 33.7. The van der Waals surface area contributed by atoms with Crippen LogP contribution in [0.4, 0.5) is 8.78 Å². The number of pyridine rings is 1. The number of nitrogens with zero attached hydrogens (tertiary/aromatic N) is 2. The molecule has 1 unspecified atom stereocenters. The number of Topliss-reactive ketones (excluding diaryl/α,β-unsaturated/α-hetero) is 1. The first-order valence-electron chi connectivity index (χ1n) is 19.5. The summed E-state index contributed by atoms with van der Waals surface area (Å²) in [5.74, 6) is -7.28. The van der Waals surface area contributed by atoms with Gasteiger partial charge >= 0.3 is 5.97 Å². The van der Waals surface area contributed by atoms with Crippen molar-refractivity contribution in [3.8, 4) is 11.8 Å². The molecule has 4 aliphatic rings. The topological polar surface area (TPSA) is 158 Å². The summed E-state index contributed by atoms with van der Waals surface area (Å²) in [6, 6.07) is 8.02. The molecule has 2 amide bonds. The first-order valence-corrected chi connectivity index (χ1v) is 21.1. The SMILES string of the molecule is COc1cc2ccccc2c(O[C@@H]2C[C@H]3C(=O)C[C@]4(C(=O)NS(=O)(=O)C5CC5)C[C@H]4/C=C\CC[C@H](C)C[C@@H](C)C(CC(=O)OC(C)(C)C(C)(F)F)C(=O)N3C2)n1. The molecule has 2 saturated carbocycles. The van der Waals surface area contributed by atoms with Crippen molar-refractivity contribution >= 4 is 44.4 Å². The highest BCUT2D eigenvalue weighted by atomic mass is 32.2. The lowest BCUT2D eigenvalue weighted by Crippen LogP contribution is -2.48. The molecule has 2 aliphatic heterocycles. The third kappa shape index (κ3) is 8.87. The summed E-state index contributed by atoms with van der Waals surface area (Å²) >= 11 is 0. The van der Waals surface area contributed by atoms with E-state index in [9.17, 15) is 36.4 Å². The van der Waals surface area contributed by atoms with Crippen LogP contribution in [0.15, 0.2) is 42.5 Å². The van der Waals surface area contributed by atoms with Crippen LogP contribution in [0.25, 0.3) is 10.8 Å². The number of ether oxygens (including phenoxy) is 3. The molecular weight excluding hydrogens is 749 g/mol. The Kier molecular flexibility index (Phi) is 11.6. The molecule has 1 aromatic heterocycles. The van der Waals surface area contributed by atoms with Crippen molar-refractivity contribution in [3.05, 3.63) is 42.5 Å². The number of hydrogen-bond donors (Lipinski definition) is 1. The second-order valence-electron chi connectivity index (χ2n) is 17.0. The average molecular weight is 802 g/mol. The Morgan fingerprint density at radius 3 is 2.46 bits per heavy atom. The highest BCUT2D eigenvalue weighted by molar-refractivity contribution is 7.90. The van der Waals surface area contributed by atoms with Gasteiger partial charge in [0.1, 0.15) is 6.10 Å². The van der Waals surface area contributed by atoms with E-state index < -0.39 is 86.2 Å². The van der Waals surface area contributed by atoms with Gasteiger partial charge in [0, 0.05) is 31.2 Å². The quantitative estimate of drug-likeness (QED) is 0.218. The summed E-state index contributed by atoms with van der Waals surface area (Å²) in [6.45, 7) is 6.67. The van der Waals surface area contributed by atoms with Gasteiger partial charge in [0.2, 0.25) is 33.6 Å². The van der Waals surface area contributed by atoms with E-state index in [0.29, 0.717) is 50.3 Å². The van der Waals surface area contributed by atoms with E-state index in [1.807, 2.05) is 50.3 Å². The Balaban J connectivity index is 1.36. The van der Waals surface area contributed by atoms with Crippen molar-refractivity contribution in [2.24, 2.45) is 29.1 Å². The number of allylic oxidation sites excluding steroid dienone is 2. The van der Waals surface area contributed by atoms with Gasteiger partial charge in [0.05, 0.1) is 42.7 Å². The smallest absolute Gasteiger partial charge is 0.307 e. The maximum absolute atomic E-state index is 14.9. The molecule has 1 saturated heterocycles. The van der Waals surface area contributed by atoms with Gasteiger partial charge < -0.3 is 19.1 Å². The van der Waals surface area contributed by atoms with Crippen LogP contribution < -0.4 is 14.2 Å². The fraction of sp³-hybridized carbons (Fsp3) is 0.634. The van der Waals surface area contributed by atoms with Crippen molar-refractivity contribution in [3.63, 3.8) is 0 Å². The minimum Gasteiger partial charge on any atom is -0.481 e. The van der Waals surface area contributed by atoms with Crippen molar-refractivity contribution in [2.75, 3.05) is 13.7 Å². The maximum atomic E-state index is 14.9. The number of amides is 2. The molecule has 0 bridgehead atoms. The number of ketones is 1. The number of esters is 1. The summed E-state index contributed by atoms with van der Waals surface area (Å²) in [7, 11) is -2.43. The molecule has 1 N–H and O–H groups in total. The number of carbonyl (C=O) groups is 4. The molecule has 15 heteroatoms. The lowest BCUT2D eigenvalue weighted by molar-refractivity contribution is -0.197. The van der Waals surface area contributed by atoms with E-state index in [1.54, 1.807) is 6.07 Å². The van der Waals surface area contributed by atoms with Crippen LogP contribution in [0.1, 0.15) is 92.4 Å². The molecule has 2 aromatic rings. The van der Waals surface area contributed by atoms with E-state index in [1.165, 1.54) is 12.0 Å². The number of sulfonamides is 1. The molecule has 7 atom stereocenters. The third-order valence-corrected chi connectivity index (χ3v) is 14.0. The second kappa shape index (κ2) is 15.7. The second-order valence-corrected chi connectivity index (χ2v) is 18.9. The minimum absolute atomic E-state index is 0.0212. The average Bonchev–Trinajstić information content (AvgIpc) is 4.04. The van der Waals surface area contributed by atoms with E-state index in [4.69, 9.17) is 14.2 Å². The normalized spacial score (nSPS) is 29.7. The van der Waals surface area contributed by atoms with Crippen LogP contribution in [0.5, 0.6) is 11.8 Å². The highest BCUT2D eigenvalue weighted by Crippen LogP contribution is 2.57. The summed E-state index contributed by atoms with van der Waals surface area (Å²) in [5.41, 5.74) is -3.47. The molecule has 3 heterocycles. The van der Waals surface area contributed by atoms with Gasteiger partial charge in [-0.05, 0) is 81.6 Å². The predicted molar refractivity (Wildman–Crippen MR) is 203 cm³/mol. The number of rotatable bonds is 10. The number of methoxy groups -OCH3 is 1. The number of halogens is 2. The number of fused-ring (bicyclic) bond motifs is 3. The molecule has 3 fully saturated rings. The number of hydrogen-bond acceptors (Lipinski definition) is 10. The van der Waals surface area contributed by atoms with Gasteiger partial charge in [0.15, 0.2) is 11.4 Å². The predicted octanol–water partition coefficient (Wildman–Crippen LogP) is 6.16. The summed E-state index contributed by atoms with van der Waals surface area (Å²) in [6.07, 6.45) is 5.33. The van der Waals surface area contributed by atoms with Gasteiger partial charge in [-0.2, -0.15) is 4.98 Å². The van der Waals surface area contributed by atoms with Crippen LogP contribution in [0.2, 0.25) is 0 Å². The van der Waals surface area contributed by atoms with Crippen LogP contribution in [-0.2, 0) is 33.9 Å². The van der Waals surface area contributed by atoms with E-state index in [-0.39, 0.29) is 43.5 Å². The standard InChI is InChI=1S/C41H53F2N3O9S/c1-24-11-7-9-13-27-21-41(27,38(50)45-56(51,52)29-15-16-29)22-33(47)32-19-28(54-36-30-14-10-8-12-26(30)18-34(44-36)53-6)23-46(32)37(49)31(25(2)17-24)20-35(48)55-39(3,4)40(5,42)43/h8-10,12-14,18,24-25,27-29,31-32H,7,11,15-17,19-23H2,1-6H3,(H,45,50)/b13-9-/t24-,25+,27+,28+,31?,32-,41+/m0/s1. The van der Waals surface area contributed by atoms with E-state index in [2.05, 4.69) is 9.71 Å². The number of carbonyl (C=O) groups excluding carboxylic acids is 4. The van der Waals surface area contributed by atoms with Crippen LogP contribution in [-0.4, -0.2) is 84.4 Å². The van der Waals surface area contributed by atoms with Crippen LogP contribution in [0.3, 0.4) is 0 Å². The van der Waals surface area contributed by atoms with Gasteiger partial charge in [-0.25, -0.2) is 17.2 Å². The van der Waals surface area contributed by atoms with Crippen molar-refractivity contribution in [1.29, 1.82) is 0 Å². The lowest BCUT2D eigenvalue weighted by Gasteiger charge is -2.34. The van der Waals surface area contributed by atoms with Crippen molar-refractivity contribution < 1.29 is 50.6 Å². The highest BCUT2D eigenvalue weighted by Gasteiger charge is 2.62. The molecule has 6 rings (SSSR count). The minimum atomic E-state index is -3.91. The maximum Gasteiger partial charge on any atom is 0.307 e. The van der Waals surface area contributed by atoms with Gasteiger partial charge in [-0.15, -0.1) is 0 Å². The number of alkyl halides is 2. The Labute approximate surface area is 327 Å². The monoisotopic (exact) mass is 801 g/mol. The Morgan fingerprint density at radius 2 is 1.79 bits per heavy atom. The molecule has 2 aliphatic carbocycles. The largest absolute Gasteiger partial charge is 0.481 e. The fourth-order valence-electron chi connectivity index (χ4n) is 8.08. The zero-order chi connectivity index (χ0) is 40.8. The van der Waals surface area contributed by atoms with Gasteiger partial charge in [0.25, 0.3) is 5.92 Å². The number of nitrogens with one attached hydrogen (secondary N) is 1. The molecule has 1 aromatic carbocycles. The molecular formula is C41H53F2N3O9S. The van der Waals surface area contributed by atoms with Crippen molar-refractivity contribution in [2.45, 2.75) is 121 Å². The van der Waals surface area contributed by atoms with E-state index in [0.717, 1.165) is 19.2 Å². The molecule has 0 radical (unpaired) electrons. The Morgan fingerprint density at radius 1 is 1.07 bits per heavy atom. The van der Waals surface area contributed by atoms with Gasteiger partial charge in [-0.3, -0.25) is 23.9 Å². The fourth-order valence-corrected chi connectivity index (χ4v) is 9.46. The molecule has 0 spiro atoms. The number of benzene rings is 1. The molecule has 12 nitrogen and oxygen atoms in total. The van der Waals surface area contributed by atoms with Gasteiger partial charge in [-0.1, -0.05) is 44.2 Å². The first-order chi connectivity index (χ1) is 26.2. The Bertz CT molecular complexity index is 2000. The third-order valence-electron chi connectivity index (χ3n) is 12.1. The van der Waals surface area contributed by atoms with E-state index >= 15 is 0 Å². The molecule has 56 heavy (non-hydrogen) atoms. The zero-order valence-electron chi connectivity index (χ0n) is 32.9. The molecule has 306 valence electrons. The summed E-state index contributed by atoms with van der Waals surface area (Å²) in [5, 5.41) is 0.824. The van der Waals surface area contributed by atoms with Crippen molar-refractivity contribution in [1.82, 2.24) is 14.6 Å². The summed E-state index contributed by atoms with van der Waals surface area (Å²) in [4.78, 5) is 62.6. The van der Waals surface area contributed by atoms with Crippen LogP contribution >= 0.6 is 0 Å².